The Balaban J connectivity index is 1.26. The monoisotopic (exact) mass is 534 g/mol. The van der Waals surface area contributed by atoms with E-state index >= 15 is 0 Å². The van der Waals surface area contributed by atoms with Crippen molar-refractivity contribution in [2.45, 2.75) is 70.1 Å². The SMILES string of the molecule is CC(C)(C)c1cc(-c2ccc(C34CC5CC(CC(C5)C3)C4)cc2)cc2c1oc1c3ccccc3c3ccccc3c21. The van der Waals surface area contributed by atoms with Gasteiger partial charge in [0.1, 0.15) is 11.2 Å². The van der Waals surface area contributed by atoms with E-state index in [-0.39, 0.29) is 5.41 Å². The molecule has 4 saturated carbocycles. The van der Waals surface area contributed by atoms with Crippen LogP contribution in [0.15, 0.2) is 89.3 Å². The molecule has 0 unspecified atom stereocenters. The van der Waals surface area contributed by atoms with Crippen molar-refractivity contribution in [3.05, 3.63) is 96.1 Å². The Bertz CT molecular complexity index is 1960. The molecule has 1 nitrogen and oxygen atoms in total. The molecule has 0 amide bonds. The van der Waals surface area contributed by atoms with Crippen molar-refractivity contribution in [1.29, 1.82) is 0 Å². The molecule has 41 heavy (non-hydrogen) atoms. The van der Waals surface area contributed by atoms with Crippen LogP contribution < -0.4 is 0 Å². The van der Waals surface area contributed by atoms with Crippen LogP contribution in [0.1, 0.15) is 70.4 Å². The summed E-state index contributed by atoms with van der Waals surface area (Å²) < 4.78 is 6.88. The van der Waals surface area contributed by atoms with Gasteiger partial charge in [0.15, 0.2) is 0 Å². The second-order valence-electron chi connectivity index (χ2n) is 14.8. The summed E-state index contributed by atoms with van der Waals surface area (Å²) in [7, 11) is 0. The first-order chi connectivity index (χ1) is 19.9. The zero-order valence-corrected chi connectivity index (χ0v) is 24.5. The lowest BCUT2D eigenvalue weighted by atomic mass is 9.48. The van der Waals surface area contributed by atoms with Crippen LogP contribution in [0.5, 0.6) is 0 Å². The number of benzene rings is 5. The van der Waals surface area contributed by atoms with Gasteiger partial charge in [-0.05, 0) is 112 Å². The summed E-state index contributed by atoms with van der Waals surface area (Å²) in [6, 6.07) is 32.1. The molecular weight excluding hydrogens is 496 g/mol. The van der Waals surface area contributed by atoms with E-state index in [2.05, 4.69) is 106 Å². The predicted octanol–water partition coefficient (Wildman–Crippen LogP) is 11.3. The zero-order valence-electron chi connectivity index (χ0n) is 24.5. The van der Waals surface area contributed by atoms with Crippen molar-refractivity contribution in [2.75, 3.05) is 0 Å². The van der Waals surface area contributed by atoms with Crippen LogP contribution in [0.2, 0.25) is 0 Å². The minimum atomic E-state index is -0.0487. The molecule has 10 rings (SSSR count). The maximum atomic E-state index is 6.88. The minimum absolute atomic E-state index is 0.0487. The van der Waals surface area contributed by atoms with Gasteiger partial charge in [-0.2, -0.15) is 0 Å². The van der Waals surface area contributed by atoms with Crippen LogP contribution in [0.25, 0.3) is 54.6 Å². The highest BCUT2D eigenvalue weighted by atomic mass is 16.3. The predicted molar refractivity (Wildman–Crippen MR) is 173 cm³/mol. The van der Waals surface area contributed by atoms with Crippen molar-refractivity contribution in [3.8, 4) is 11.1 Å². The zero-order chi connectivity index (χ0) is 27.5. The third-order valence-corrected chi connectivity index (χ3v) is 11.1. The molecule has 0 spiro atoms. The van der Waals surface area contributed by atoms with Crippen LogP contribution in [-0.4, -0.2) is 0 Å². The lowest BCUT2D eigenvalue weighted by Gasteiger charge is -2.57. The molecule has 1 heterocycles. The molecule has 0 atom stereocenters. The van der Waals surface area contributed by atoms with Crippen molar-refractivity contribution in [1.82, 2.24) is 0 Å². The van der Waals surface area contributed by atoms with E-state index in [9.17, 15) is 0 Å². The number of rotatable bonds is 2. The molecule has 0 saturated heterocycles. The van der Waals surface area contributed by atoms with E-state index in [0.29, 0.717) is 5.41 Å². The Kier molecular flexibility index (Phi) is 4.84. The summed E-state index contributed by atoms with van der Waals surface area (Å²) >= 11 is 0. The van der Waals surface area contributed by atoms with Crippen LogP contribution in [-0.2, 0) is 10.8 Å². The molecule has 204 valence electrons. The Morgan fingerprint density at radius 1 is 0.585 bits per heavy atom. The molecule has 6 aromatic rings. The summed E-state index contributed by atoms with van der Waals surface area (Å²) in [6.07, 6.45) is 8.74. The van der Waals surface area contributed by atoms with Crippen LogP contribution in [0, 0.1) is 17.8 Å². The molecule has 1 heteroatoms. The first-order valence-electron chi connectivity index (χ1n) is 15.8. The Labute approximate surface area is 242 Å². The smallest absolute Gasteiger partial charge is 0.143 e. The quantitative estimate of drug-likeness (QED) is 0.201. The van der Waals surface area contributed by atoms with Gasteiger partial charge >= 0.3 is 0 Å². The van der Waals surface area contributed by atoms with Gasteiger partial charge in [0.05, 0.1) is 0 Å². The van der Waals surface area contributed by atoms with Gasteiger partial charge in [-0.1, -0.05) is 93.6 Å². The first-order valence-corrected chi connectivity index (χ1v) is 15.8. The van der Waals surface area contributed by atoms with Gasteiger partial charge in [-0.15, -0.1) is 0 Å². The van der Waals surface area contributed by atoms with Crippen molar-refractivity contribution in [2.24, 2.45) is 17.8 Å². The number of hydrogen-bond donors (Lipinski definition) is 0. The summed E-state index contributed by atoms with van der Waals surface area (Å²) in [5.41, 5.74) is 7.91. The summed E-state index contributed by atoms with van der Waals surface area (Å²) in [5.74, 6) is 2.91. The fraction of sp³-hybridized carbons (Fsp3) is 0.350. The van der Waals surface area contributed by atoms with Gasteiger partial charge in [-0.25, -0.2) is 0 Å². The second-order valence-corrected chi connectivity index (χ2v) is 14.8. The molecule has 4 aliphatic carbocycles. The third-order valence-electron chi connectivity index (χ3n) is 11.1. The van der Waals surface area contributed by atoms with Gasteiger partial charge in [0, 0.05) is 21.7 Å². The normalized spacial score (nSPS) is 25.7. The van der Waals surface area contributed by atoms with Crippen LogP contribution >= 0.6 is 0 Å². The summed E-state index contributed by atoms with van der Waals surface area (Å²) in [4.78, 5) is 0. The van der Waals surface area contributed by atoms with E-state index in [1.807, 2.05) is 0 Å². The number of hydrogen-bond acceptors (Lipinski definition) is 1. The maximum Gasteiger partial charge on any atom is 0.143 e. The fourth-order valence-electron chi connectivity index (χ4n) is 9.71. The molecule has 0 aliphatic heterocycles. The third kappa shape index (κ3) is 3.48. The molecule has 4 fully saturated rings. The largest absolute Gasteiger partial charge is 0.455 e. The number of furan rings is 1. The molecule has 0 radical (unpaired) electrons. The minimum Gasteiger partial charge on any atom is -0.455 e. The Morgan fingerprint density at radius 2 is 1.15 bits per heavy atom. The molecule has 5 aromatic carbocycles. The van der Waals surface area contributed by atoms with Crippen LogP contribution in [0.4, 0.5) is 0 Å². The topological polar surface area (TPSA) is 13.1 Å². The lowest BCUT2D eigenvalue weighted by molar-refractivity contribution is -0.00518. The first kappa shape index (κ1) is 24.1. The molecule has 0 N–H and O–H groups in total. The van der Waals surface area contributed by atoms with Crippen LogP contribution in [0.3, 0.4) is 0 Å². The van der Waals surface area contributed by atoms with Crippen molar-refractivity contribution < 1.29 is 4.42 Å². The summed E-state index contributed by atoms with van der Waals surface area (Å²) in [5, 5.41) is 7.49. The van der Waals surface area contributed by atoms with Crippen molar-refractivity contribution in [3.63, 3.8) is 0 Å². The van der Waals surface area contributed by atoms with Gasteiger partial charge in [-0.3, -0.25) is 0 Å². The second kappa shape index (κ2) is 8.25. The van der Waals surface area contributed by atoms with E-state index in [0.717, 1.165) is 28.9 Å². The van der Waals surface area contributed by atoms with E-state index in [1.165, 1.54) is 87.5 Å². The maximum absolute atomic E-state index is 6.88. The average molecular weight is 535 g/mol. The van der Waals surface area contributed by atoms with Gasteiger partial charge in [0.2, 0.25) is 0 Å². The standard InChI is InChI=1S/C40H38O/c1-39(2,3)35-20-28(27-12-14-29(15-13-27)40-21-24-16-25(22-40)18-26(17-24)23-40)19-34-36-32-10-6-4-8-30(32)31-9-5-7-11-33(31)38(36)41-37(34)35/h4-15,19-20,24-26H,16-18,21-23H2,1-3H3. The van der Waals surface area contributed by atoms with E-state index < -0.39 is 0 Å². The summed E-state index contributed by atoms with van der Waals surface area (Å²) in [6.45, 7) is 6.93. The molecule has 1 aromatic heterocycles. The number of fused-ring (bicyclic) bond motifs is 8. The van der Waals surface area contributed by atoms with Gasteiger partial charge < -0.3 is 4.42 Å². The highest BCUT2D eigenvalue weighted by Crippen LogP contribution is 2.60. The molecular formula is C40H38O. The van der Waals surface area contributed by atoms with Gasteiger partial charge in [0.25, 0.3) is 0 Å². The van der Waals surface area contributed by atoms with E-state index in [1.54, 1.807) is 5.56 Å². The van der Waals surface area contributed by atoms with Crippen molar-refractivity contribution >= 4 is 43.5 Å². The highest BCUT2D eigenvalue weighted by Gasteiger charge is 2.51. The lowest BCUT2D eigenvalue weighted by Crippen LogP contribution is -2.48. The molecule has 4 aliphatic rings. The van der Waals surface area contributed by atoms with E-state index in [4.69, 9.17) is 4.42 Å². The average Bonchev–Trinajstić information content (AvgIpc) is 3.36. The Hall–Kier alpha value is -3.58. The fourth-order valence-corrected chi connectivity index (χ4v) is 9.71. The Morgan fingerprint density at radius 3 is 1.76 bits per heavy atom. The highest BCUT2D eigenvalue weighted by molar-refractivity contribution is 6.30. The molecule has 4 bridgehead atoms.